The molecule has 0 aromatic carbocycles. The van der Waals surface area contributed by atoms with E-state index < -0.39 is 0 Å². The molecule has 0 spiro atoms. The average Bonchev–Trinajstić information content (AvgIpc) is 2.58. The molecule has 1 saturated carbocycles. The Labute approximate surface area is 73.4 Å². The van der Waals surface area contributed by atoms with Gasteiger partial charge < -0.3 is 0 Å². The second-order valence-electron chi connectivity index (χ2n) is 3.58. The van der Waals surface area contributed by atoms with Crippen LogP contribution >= 0.6 is 11.8 Å². The van der Waals surface area contributed by atoms with Gasteiger partial charge in [0.2, 0.25) is 0 Å². The third-order valence-electron chi connectivity index (χ3n) is 2.74. The van der Waals surface area contributed by atoms with Gasteiger partial charge in [-0.2, -0.15) is 0 Å². The molecule has 2 rings (SSSR count). The van der Waals surface area contributed by atoms with Gasteiger partial charge in [-0.25, -0.2) is 0 Å². The van der Waals surface area contributed by atoms with Crippen molar-refractivity contribution in [3.8, 4) is 0 Å². The molecule has 1 heterocycles. The summed E-state index contributed by atoms with van der Waals surface area (Å²) >= 11 is 2.11. The zero-order valence-electron chi connectivity index (χ0n) is 7.01. The summed E-state index contributed by atoms with van der Waals surface area (Å²) in [7, 11) is 0. The Bertz CT molecular complexity index is 154. The number of allylic oxidation sites excluding steroid dienone is 2. The largest absolute Gasteiger partial charge is 0.130 e. The quantitative estimate of drug-likeness (QED) is 0.576. The fourth-order valence-corrected chi connectivity index (χ4v) is 3.29. The van der Waals surface area contributed by atoms with Gasteiger partial charge in [0.05, 0.1) is 0 Å². The predicted octanol–water partition coefficient (Wildman–Crippen LogP) is 3.59. The van der Waals surface area contributed by atoms with E-state index in [0.717, 1.165) is 5.92 Å². The summed E-state index contributed by atoms with van der Waals surface area (Å²) in [5.41, 5.74) is 0. The van der Waals surface area contributed by atoms with Crippen molar-refractivity contribution in [1.29, 1.82) is 0 Å². The van der Waals surface area contributed by atoms with Gasteiger partial charge in [-0.3, -0.25) is 0 Å². The maximum Gasteiger partial charge on any atom is 0.00118 e. The zero-order valence-corrected chi connectivity index (χ0v) is 7.83. The van der Waals surface area contributed by atoms with Crippen molar-refractivity contribution in [2.45, 2.75) is 38.5 Å². The Kier molecular flexibility index (Phi) is 2.57. The number of hydrogen-bond acceptors (Lipinski definition) is 1. The van der Waals surface area contributed by atoms with Gasteiger partial charge in [0.1, 0.15) is 0 Å². The zero-order chi connectivity index (χ0) is 7.52. The monoisotopic (exact) mass is 168 g/mol. The van der Waals surface area contributed by atoms with Crippen LogP contribution in [0.4, 0.5) is 0 Å². The molecule has 0 N–H and O–H groups in total. The van der Waals surface area contributed by atoms with E-state index in [1.54, 1.807) is 4.91 Å². The molecule has 2 aliphatic rings. The van der Waals surface area contributed by atoms with Gasteiger partial charge >= 0.3 is 0 Å². The molecular formula is C10H16S. The molecule has 0 aromatic heterocycles. The molecule has 1 aliphatic heterocycles. The van der Waals surface area contributed by atoms with E-state index in [9.17, 15) is 0 Å². The van der Waals surface area contributed by atoms with Gasteiger partial charge in [-0.05, 0) is 30.1 Å². The summed E-state index contributed by atoms with van der Waals surface area (Å²) in [6.45, 7) is 0. The summed E-state index contributed by atoms with van der Waals surface area (Å²) in [5.74, 6) is 2.32. The molecule has 0 saturated heterocycles. The lowest BCUT2D eigenvalue weighted by Crippen LogP contribution is -2.06. The van der Waals surface area contributed by atoms with Gasteiger partial charge in [0.15, 0.2) is 0 Å². The minimum absolute atomic E-state index is 0.969. The first-order chi connectivity index (χ1) is 5.47. The van der Waals surface area contributed by atoms with Crippen molar-refractivity contribution in [2.24, 2.45) is 5.92 Å². The lowest BCUT2D eigenvalue weighted by Gasteiger charge is -2.22. The predicted molar refractivity (Wildman–Crippen MR) is 51.7 cm³/mol. The molecule has 0 aromatic rings. The Morgan fingerprint density at radius 2 is 2.00 bits per heavy atom. The maximum absolute atomic E-state index is 2.47. The third kappa shape index (κ3) is 1.81. The first-order valence-corrected chi connectivity index (χ1v) is 5.78. The number of hydrogen-bond donors (Lipinski definition) is 0. The molecule has 1 fully saturated rings. The first-order valence-electron chi connectivity index (χ1n) is 4.79. The Morgan fingerprint density at radius 1 is 1.18 bits per heavy atom. The lowest BCUT2D eigenvalue weighted by molar-refractivity contribution is 0.415. The van der Waals surface area contributed by atoms with Crippen LogP contribution in [0.15, 0.2) is 11.0 Å². The second kappa shape index (κ2) is 3.66. The molecule has 62 valence electrons. The first kappa shape index (κ1) is 7.72. The Hall–Kier alpha value is 0.0900. The summed E-state index contributed by atoms with van der Waals surface area (Å²) in [4.78, 5) is 1.73. The minimum atomic E-state index is 0.969. The normalized spacial score (nSPS) is 27.1. The lowest BCUT2D eigenvalue weighted by atomic mass is 9.89. The van der Waals surface area contributed by atoms with Gasteiger partial charge in [0, 0.05) is 5.75 Å². The molecular weight excluding hydrogens is 152 g/mol. The fraction of sp³-hybridized carbons (Fsp3) is 0.800. The van der Waals surface area contributed by atoms with Gasteiger partial charge in [-0.15, -0.1) is 11.8 Å². The van der Waals surface area contributed by atoms with Crippen LogP contribution in [0, 0.1) is 5.92 Å². The van der Waals surface area contributed by atoms with Crippen molar-refractivity contribution in [3.05, 3.63) is 11.0 Å². The van der Waals surface area contributed by atoms with E-state index in [4.69, 9.17) is 0 Å². The summed E-state index contributed by atoms with van der Waals surface area (Å²) < 4.78 is 0. The van der Waals surface area contributed by atoms with Crippen LogP contribution in [-0.2, 0) is 0 Å². The van der Waals surface area contributed by atoms with Crippen LogP contribution in [0.3, 0.4) is 0 Å². The highest BCUT2D eigenvalue weighted by molar-refractivity contribution is 8.03. The van der Waals surface area contributed by atoms with Gasteiger partial charge in [-0.1, -0.05) is 25.3 Å². The summed E-state index contributed by atoms with van der Waals surface area (Å²) in [6, 6.07) is 0. The topological polar surface area (TPSA) is 0 Å². The second-order valence-corrected chi connectivity index (χ2v) is 4.75. The number of thioether (sulfide) groups is 1. The molecule has 0 amide bonds. The standard InChI is InChI=1S/C10H16S/c1-2-5-9(6-3-1)10-7-4-8-11-10/h7,9H,1-6,8H2. The smallest absolute Gasteiger partial charge is 0.00118 e. The van der Waals surface area contributed by atoms with Crippen molar-refractivity contribution in [3.63, 3.8) is 0 Å². The highest BCUT2D eigenvalue weighted by atomic mass is 32.2. The Balaban J connectivity index is 1.92. The SMILES string of the molecule is C1=C(C2CCCCC2)SCC1. The van der Waals surface area contributed by atoms with Crippen LogP contribution in [0.1, 0.15) is 38.5 Å². The van der Waals surface area contributed by atoms with Crippen LogP contribution in [-0.4, -0.2) is 5.75 Å². The van der Waals surface area contributed by atoms with E-state index in [-0.39, 0.29) is 0 Å². The molecule has 0 radical (unpaired) electrons. The fourth-order valence-electron chi connectivity index (χ4n) is 2.11. The van der Waals surface area contributed by atoms with E-state index >= 15 is 0 Å². The summed E-state index contributed by atoms with van der Waals surface area (Å²) in [5, 5.41) is 0. The average molecular weight is 168 g/mol. The highest BCUT2D eigenvalue weighted by Crippen LogP contribution is 2.39. The van der Waals surface area contributed by atoms with Crippen molar-refractivity contribution >= 4 is 11.8 Å². The molecule has 0 unspecified atom stereocenters. The summed E-state index contributed by atoms with van der Waals surface area (Å²) in [6.07, 6.45) is 11.2. The van der Waals surface area contributed by atoms with Gasteiger partial charge in [0.25, 0.3) is 0 Å². The van der Waals surface area contributed by atoms with E-state index in [0.29, 0.717) is 0 Å². The molecule has 1 aliphatic carbocycles. The highest BCUT2D eigenvalue weighted by Gasteiger charge is 2.19. The van der Waals surface area contributed by atoms with Crippen molar-refractivity contribution in [1.82, 2.24) is 0 Å². The van der Waals surface area contributed by atoms with E-state index in [1.807, 2.05) is 0 Å². The Morgan fingerprint density at radius 3 is 2.64 bits per heavy atom. The number of rotatable bonds is 1. The van der Waals surface area contributed by atoms with Crippen LogP contribution < -0.4 is 0 Å². The molecule has 0 nitrogen and oxygen atoms in total. The maximum atomic E-state index is 2.47. The van der Waals surface area contributed by atoms with Crippen LogP contribution in [0.5, 0.6) is 0 Å². The van der Waals surface area contributed by atoms with Crippen LogP contribution in [0.25, 0.3) is 0 Å². The van der Waals surface area contributed by atoms with Crippen LogP contribution in [0.2, 0.25) is 0 Å². The molecule has 0 bridgehead atoms. The van der Waals surface area contributed by atoms with Crippen molar-refractivity contribution in [2.75, 3.05) is 5.75 Å². The van der Waals surface area contributed by atoms with Crippen molar-refractivity contribution < 1.29 is 0 Å². The van der Waals surface area contributed by atoms with E-state index in [2.05, 4.69) is 17.8 Å². The van der Waals surface area contributed by atoms with E-state index in [1.165, 1.54) is 44.3 Å². The minimum Gasteiger partial charge on any atom is -0.130 e. The third-order valence-corrected chi connectivity index (χ3v) is 4.01. The molecule has 11 heavy (non-hydrogen) atoms. The molecule has 1 heteroatoms. The molecule has 0 atom stereocenters.